The van der Waals surface area contributed by atoms with Crippen LogP contribution in [0.5, 0.6) is 5.75 Å². The van der Waals surface area contributed by atoms with Crippen molar-refractivity contribution < 1.29 is 14.2 Å². The molecule has 0 saturated carbocycles. The number of ether oxygens (including phenoxy) is 1. The Morgan fingerprint density at radius 3 is 2.59 bits per heavy atom. The normalized spacial score (nSPS) is 15.9. The van der Waals surface area contributed by atoms with Gasteiger partial charge in [0.15, 0.2) is 0 Å². The number of allylic oxidation sites excluding steroid dienone is 1. The Morgan fingerprint density at radius 1 is 1.19 bits per heavy atom. The average Bonchev–Trinajstić information content (AvgIpc) is 2.81. The monoisotopic (exact) mass is 524 g/mol. The molecule has 37 heavy (non-hydrogen) atoms. The van der Waals surface area contributed by atoms with E-state index in [1.54, 1.807) is 50.5 Å². The molecule has 0 unspecified atom stereocenters. The average molecular weight is 525 g/mol. The van der Waals surface area contributed by atoms with E-state index in [0.29, 0.717) is 35.0 Å². The number of aliphatic hydroxyl groups is 1. The van der Waals surface area contributed by atoms with Gasteiger partial charge in [0.2, 0.25) is 5.95 Å². The van der Waals surface area contributed by atoms with Gasteiger partial charge in [-0.2, -0.15) is 4.39 Å². The van der Waals surface area contributed by atoms with Crippen molar-refractivity contribution in [2.75, 3.05) is 6.54 Å². The zero-order chi connectivity index (χ0) is 27.1. The number of pyridine rings is 3. The van der Waals surface area contributed by atoms with Crippen molar-refractivity contribution in [2.45, 2.75) is 53.8 Å². The quantitative estimate of drug-likeness (QED) is 0.451. The van der Waals surface area contributed by atoms with Gasteiger partial charge in [-0.25, -0.2) is 9.97 Å². The minimum atomic E-state index is -1.10. The molecule has 4 heterocycles. The van der Waals surface area contributed by atoms with Crippen molar-refractivity contribution in [3.8, 4) is 5.75 Å². The largest absolute Gasteiger partial charge is 0.485 e. The predicted molar refractivity (Wildman–Crippen MR) is 143 cm³/mol. The minimum Gasteiger partial charge on any atom is -0.485 e. The molecule has 0 aromatic carbocycles. The summed E-state index contributed by atoms with van der Waals surface area (Å²) in [6.07, 6.45) is 1.85. The van der Waals surface area contributed by atoms with Gasteiger partial charge in [0.05, 0.1) is 22.8 Å². The van der Waals surface area contributed by atoms with Crippen LogP contribution in [-0.2, 0) is 12.2 Å². The summed E-state index contributed by atoms with van der Waals surface area (Å²) in [6.45, 7) is 11.3. The van der Waals surface area contributed by atoms with Gasteiger partial charge < -0.3 is 9.84 Å². The molecule has 0 bridgehead atoms. The fourth-order valence-corrected chi connectivity index (χ4v) is 4.43. The van der Waals surface area contributed by atoms with Gasteiger partial charge in [-0.1, -0.05) is 24.6 Å². The molecule has 1 N–H and O–H groups in total. The highest BCUT2D eigenvalue weighted by Gasteiger charge is 2.25. The Hall–Kier alpha value is -3.36. The fourth-order valence-electron chi connectivity index (χ4n) is 4.24. The zero-order valence-corrected chi connectivity index (χ0v) is 22.5. The van der Waals surface area contributed by atoms with E-state index in [2.05, 4.69) is 9.97 Å². The first kappa shape index (κ1) is 26.7. The molecule has 194 valence electrons. The standard InChI is InChI=1S/C28H30ClFN4O3/c1-15-9-19(32-24(30)10-15)14-37-22-11-18(4)34(27(35)25(22)29)21-12-20(31-13-17(21)3)26-16(2)7-8-23(33-26)28(5,6)36/h7-12,17,36H,13-14H2,1-6H3/t17-/m1/s1. The molecule has 1 aliphatic rings. The Labute approximate surface area is 220 Å². The molecule has 3 aromatic rings. The number of aromatic nitrogens is 3. The summed E-state index contributed by atoms with van der Waals surface area (Å²) < 4.78 is 21.0. The number of hydrogen-bond acceptors (Lipinski definition) is 6. The maximum atomic E-state index is 13.6. The van der Waals surface area contributed by atoms with Gasteiger partial charge in [0.1, 0.15) is 23.0 Å². The zero-order valence-electron chi connectivity index (χ0n) is 21.8. The second-order valence-corrected chi connectivity index (χ2v) is 10.3. The second-order valence-electron chi connectivity index (χ2n) is 9.97. The van der Waals surface area contributed by atoms with Gasteiger partial charge in [0, 0.05) is 29.9 Å². The third-order valence-electron chi connectivity index (χ3n) is 6.22. The lowest BCUT2D eigenvalue weighted by Gasteiger charge is -2.25. The van der Waals surface area contributed by atoms with Crippen LogP contribution in [0.15, 0.2) is 46.2 Å². The maximum absolute atomic E-state index is 13.6. The van der Waals surface area contributed by atoms with Crippen LogP contribution >= 0.6 is 11.6 Å². The third kappa shape index (κ3) is 5.65. The first-order valence-corrected chi connectivity index (χ1v) is 12.4. The summed E-state index contributed by atoms with van der Waals surface area (Å²) >= 11 is 6.47. The topological polar surface area (TPSA) is 89.6 Å². The van der Waals surface area contributed by atoms with Crippen molar-refractivity contribution in [2.24, 2.45) is 10.9 Å². The van der Waals surface area contributed by atoms with E-state index in [0.717, 1.165) is 16.8 Å². The summed E-state index contributed by atoms with van der Waals surface area (Å²) in [7, 11) is 0. The molecular formula is C28H30ClFN4O3. The number of rotatable bonds is 6. The van der Waals surface area contributed by atoms with Gasteiger partial charge in [-0.15, -0.1) is 0 Å². The molecule has 0 spiro atoms. The van der Waals surface area contributed by atoms with Crippen LogP contribution in [0.25, 0.3) is 5.70 Å². The molecular weight excluding hydrogens is 495 g/mol. The number of dihydropyridines is 1. The molecule has 4 rings (SSSR count). The van der Waals surface area contributed by atoms with Crippen LogP contribution in [0, 0.1) is 32.6 Å². The van der Waals surface area contributed by atoms with E-state index in [9.17, 15) is 14.3 Å². The summed E-state index contributed by atoms with van der Waals surface area (Å²) in [5.41, 5.74) is 3.68. The van der Waals surface area contributed by atoms with Gasteiger partial charge in [-0.3, -0.25) is 14.4 Å². The Bertz CT molecular complexity index is 1470. The first-order chi connectivity index (χ1) is 17.3. The van der Waals surface area contributed by atoms with Gasteiger partial charge >= 0.3 is 0 Å². The van der Waals surface area contributed by atoms with Crippen molar-refractivity contribution in [3.05, 3.63) is 91.6 Å². The number of halogens is 2. The van der Waals surface area contributed by atoms with E-state index in [-0.39, 0.29) is 23.3 Å². The molecule has 0 fully saturated rings. The molecule has 3 aromatic heterocycles. The van der Waals surface area contributed by atoms with Gasteiger partial charge in [-0.05, 0) is 70.0 Å². The van der Waals surface area contributed by atoms with Crippen molar-refractivity contribution in [3.63, 3.8) is 0 Å². The van der Waals surface area contributed by atoms with Crippen LogP contribution in [-0.4, -0.2) is 31.9 Å². The van der Waals surface area contributed by atoms with Crippen LogP contribution < -0.4 is 10.3 Å². The molecule has 1 atom stereocenters. The summed E-state index contributed by atoms with van der Waals surface area (Å²) in [5.74, 6) is -0.442. The molecule has 0 radical (unpaired) electrons. The van der Waals surface area contributed by atoms with E-state index in [4.69, 9.17) is 21.3 Å². The van der Waals surface area contributed by atoms with Gasteiger partial charge in [0.25, 0.3) is 5.56 Å². The second kappa shape index (κ2) is 10.2. The summed E-state index contributed by atoms with van der Waals surface area (Å²) in [4.78, 5) is 26.6. The number of nitrogens with zero attached hydrogens (tertiary/aromatic N) is 4. The Kier molecular flexibility index (Phi) is 7.35. The molecule has 1 aliphatic heterocycles. The maximum Gasteiger partial charge on any atom is 0.277 e. The fraction of sp³-hybridized carbons (Fsp3) is 0.357. The molecule has 7 nitrogen and oxygen atoms in total. The van der Waals surface area contributed by atoms with E-state index >= 15 is 0 Å². The number of aryl methyl sites for hydroxylation is 3. The van der Waals surface area contributed by atoms with E-state index < -0.39 is 17.1 Å². The van der Waals surface area contributed by atoms with Crippen molar-refractivity contribution >= 4 is 23.0 Å². The highest BCUT2D eigenvalue weighted by atomic mass is 35.5. The third-order valence-corrected chi connectivity index (χ3v) is 6.56. The molecule has 9 heteroatoms. The summed E-state index contributed by atoms with van der Waals surface area (Å²) in [5, 5.41) is 10.4. The highest BCUT2D eigenvalue weighted by molar-refractivity contribution is 6.31. The van der Waals surface area contributed by atoms with Crippen molar-refractivity contribution in [1.82, 2.24) is 14.5 Å². The first-order valence-electron chi connectivity index (χ1n) is 12.0. The number of aliphatic imine (C=N–C) groups is 1. The SMILES string of the molecule is Cc1cc(F)nc(COc2cc(C)n(C3=CC(c4nc(C(C)(C)O)ccc4C)=NC[C@H]3C)c(=O)c2Cl)c1. The van der Waals surface area contributed by atoms with E-state index in [1.165, 1.54) is 6.07 Å². The lowest BCUT2D eigenvalue weighted by atomic mass is 9.98. The Balaban J connectivity index is 1.70. The lowest BCUT2D eigenvalue weighted by molar-refractivity contribution is 0.0738. The molecule has 0 amide bonds. The highest BCUT2D eigenvalue weighted by Crippen LogP contribution is 2.29. The number of hydrogen-bond donors (Lipinski definition) is 1. The van der Waals surface area contributed by atoms with Crippen LogP contribution in [0.2, 0.25) is 5.02 Å². The smallest absolute Gasteiger partial charge is 0.277 e. The molecule has 0 aliphatic carbocycles. The van der Waals surface area contributed by atoms with E-state index in [1.807, 2.05) is 26.0 Å². The van der Waals surface area contributed by atoms with Crippen molar-refractivity contribution in [1.29, 1.82) is 0 Å². The van der Waals surface area contributed by atoms with Crippen LogP contribution in [0.4, 0.5) is 4.39 Å². The Morgan fingerprint density at radius 2 is 1.92 bits per heavy atom. The lowest BCUT2D eigenvalue weighted by Crippen LogP contribution is -2.29. The van der Waals surface area contributed by atoms with Crippen LogP contribution in [0.3, 0.4) is 0 Å². The van der Waals surface area contributed by atoms with Crippen LogP contribution in [0.1, 0.15) is 54.7 Å². The molecule has 0 saturated heterocycles. The minimum absolute atomic E-state index is 0.0282. The summed E-state index contributed by atoms with van der Waals surface area (Å²) in [6, 6.07) is 8.43. The predicted octanol–water partition coefficient (Wildman–Crippen LogP) is 5.14.